The third-order valence-electron chi connectivity index (χ3n) is 3.45. The van der Waals surface area contributed by atoms with E-state index < -0.39 is 29.9 Å². The number of esters is 1. The van der Waals surface area contributed by atoms with Gasteiger partial charge in [0.05, 0.1) is 11.1 Å². The van der Waals surface area contributed by atoms with Crippen LogP contribution in [0.15, 0.2) is 24.3 Å². The lowest BCUT2D eigenvalue weighted by Crippen LogP contribution is -2.49. The van der Waals surface area contributed by atoms with E-state index in [-0.39, 0.29) is 17.0 Å². The van der Waals surface area contributed by atoms with Crippen LogP contribution in [-0.4, -0.2) is 34.8 Å². The number of rotatable bonds is 4. The van der Waals surface area contributed by atoms with E-state index in [0.717, 1.165) is 4.90 Å². The number of nitrogens with zero attached hydrogens (tertiary/aromatic N) is 2. The molecule has 0 saturated carbocycles. The summed E-state index contributed by atoms with van der Waals surface area (Å²) in [6, 6.07) is 7.16. The maximum atomic E-state index is 12.4. The fourth-order valence-electron chi connectivity index (χ4n) is 2.41. The molecule has 0 bridgehead atoms. The summed E-state index contributed by atoms with van der Waals surface area (Å²) in [5.41, 5.74) is 0.554. The molecule has 0 radical (unpaired) electrons. The molecule has 0 aliphatic carbocycles. The maximum absolute atomic E-state index is 12.4. The first-order chi connectivity index (χ1) is 10.4. The van der Waals surface area contributed by atoms with Gasteiger partial charge in [0.1, 0.15) is 12.1 Å². The number of nitriles is 1. The van der Waals surface area contributed by atoms with Crippen molar-refractivity contribution in [1.82, 2.24) is 4.90 Å². The Morgan fingerprint density at radius 2 is 1.64 bits per heavy atom. The van der Waals surface area contributed by atoms with Gasteiger partial charge in [0.25, 0.3) is 11.8 Å². The molecule has 0 aromatic heterocycles. The molecule has 114 valence electrons. The molecule has 0 saturated heterocycles. The van der Waals surface area contributed by atoms with Gasteiger partial charge in [0.15, 0.2) is 6.10 Å². The lowest BCUT2D eigenvalue weighted by atomic mass is 10.0. The number of imide groups is 1. The molecule has 2 atom stereocenters. The monoisotopic (exact) mass is 300 g/mol. The average molecular weight is 300 g/mol. The van der Waals surface area contributed by atoms with Crippen LogP contribution in [-0.2, 0) is 9.53 Å². The van der Waals surface area contributed by atoms with E-state index in [1.165, 1.54) is 6.92 Å². The van der Waals surface area contributed by atoms with Crippen LogP contribution in [0.2, 0.25) is 0 Å². The minimum Gasteiger partial charge on any atom is -0.446 e. The Kier molecular flexibility index (Phi) is 4.27. The predicted molar refractivity (Wildman–Crippen MR) is 76.7 cm³/mol. The van der Waals surface area contributed by atoms with Crippen molar-refractivity contribution in [3.63, 3.8) is 0 Å². The van der Waals surface area contributed by atoms with Gasteiger partial charge in [-0.3, -0.25) is 14.5 Å². The number of hydrogen-bond donors (Lipinski definition) is 0. The number of amides is 2. The number of fused-ring (bicyclic) bond motifs is 1. The molecule has 2 rings (SSSR count). The van der Waals surface area contributed by atoms with E-state index in [2.05, 4.69) is 0 Å². The molecule has 0 spiro atoms. The Hall–Kier alpha value is -2.68. The second-order valence-electron chi connectivity index (χ2n) is 5.42. The van der Waals surface area contributed by atoms with Crippen LogP contribution >= 0.6 is 0 Å². The highest BCUT2D eigenvalue weighted by molar-refractivity contribution is 6.22. The molecule has 1 aliphatic heterocycles. The first kappa shape index (κ1) is 15.7. The standard InChI is InChI=1S/C16H16N2O4/c1-9(2)13(16(21)22-10(3)8-17)18-14(19)11-6-4-5-7-12(11)15(18)20/h4-7,9-10,13H,1-3H3/t10-,13+/m0/s1. The Bertz CT molecular complexity index is 640. The molecule has 1 aliphatic rings. The number of hydrogen-bond acceptors (Lipinski definition) is 5. The minimum absolute atomic E-state index is 0.277. The van der Waals surface area contributed by atoms with E-state index in [0.29, 0.717) is 0 Å². The van der Waals surface area contributed by atoms with Crippen LogP contribution in [0.25, 0.3) is 0 Å². The van der Waals surface area contributed by atoms with Gasteiger partial charge in [-0.05, 0) is 25.0 Å². The van der Waals surface area contributed by atoms with Gasteiger partial charge in [-0.1, -0.05) is 26.0 Å². The Labute approximate surface area is 128 Å². The van der Waals surface area contributed by atoms with Gasteiger partial charge >= 0.3 is 5.97 Å². The molecule has 1 aromatic rings. The Morgan fingerprint density at radius 3 is 2.05 bits per heavy atom. The summed E-state index contributed by atoms with van der Waals surface area (Å²) in [6.45, 7) is 4.86. The van der Waals surface area contributed by atoms with Crippen LogP contribution < -0.4 is 0 Å². The van der Waals surface area contributed by atoms with Crippen LogP contribution in [0.5, 0.6) is 0 Å². The first-order valence-electron chi connectivity index (χ1n) is 6.95. The zero-order valence-electron chi connectivity index (χ0n) is 12.6. The SMILES string of the molecule is CC(C)[C@H](C(=O)O[C@@H](C)C#N)N1C(=O)c2ccccc2C1=O. The summed E-state index contributed by atoms with van der Waals surface area (Å²) in [5.74, 6) is -2.11. The summed E-state index contributed by atoms with van der Waals surface area (Å²) in [7, 11) is 0. The molecule has 1 heterocycles. The largest absolute Gasteiger partial charge is 0.446 e. The number of carbonyl (C=O) groups is 3. The fourth-order valence-corrected chi connectivity index (χ4v) is 2.41. The summed E-state index contributed by atoms with van der Waals surface area (Å²) in [4.78, 5) is 38.1. The summed E-state index contributed by atoms with van der Waals surface area (Å²) >= 11 is 0. The molecule has 0 N–H and O–H groups in total. The topological polar surface area (TPSA) is 87.5 Å². The molecular formula is C16H16N2O4. The van der Waals surface area contributed by atoms with Crippen LogP contribution in [0.4, 0.5) is 0 Å². The Balaban J connectivity index is 2.36. The molecule has 22 heavy (non-hydrogen) atoms. The number of ether oxygens (including phenoxy) is 1. The second kappa shape index (κ2) is 5.98. The van der Waals surface area contributed by atoms with Crippen molar-refractivity contribution in [2.45, 2.75) is 32.9 Å². The average Bonchev–Trinajstić information content (AvgIpc) is 2.73. The highest BCUT2D eigenvalue weighted by atomic mass is 16.5. The van der Waals surface area contributed by atoms with Crippen molar-refractivity contribution in [3.05, 3.63) is 35.4 Å². The normalized spacial score (nSPS) is 16.2. The zero-order valence-corrected chi connectivity index (χ0v) is 12.6. The van der Waals surface area contributed by atoms with Crippen molar-refractivity contribution >= 4 is 17.8 Å². The molecular weight excluding hydrogens is 284 g/mol. The lowest BCUT2D eigenvalue weighted by Gasteiger charge is -2.27. The summed E-state index contributed by atoms with van der Waals surface area (Å²) < 4.78 is 4.98. The van der Waals surface area contributed by atoms with E-state index >= 15 is 0 Å². The second-order valence-corrected chi connectivity index (χ2v) is 5.42. The molecule has 1 aromatic carbocycles. The van der Waals surface area contributed by atoms with E-state index in [4.69, 9.17) is 10.00 Å². The predicted octanol–water partition coefficient (Wildman–Crippen LogP) is 1.76. The van der Waals surface area contributed by atoms with Crippen molar-refractivity contribution in [2.75, 3.05) is 0 Å². The molecule has 6 nitrogen and oxygen atoms in total. The summed E-state index contributed by atoms with van der Waals surface area (Å²) in [5, 5.41) is 8.74. The van der Waals surface area contributed by atoms with Gasteiger partial charge in [-0.25, -0.2) is 4.79 Å². The molecule has 2 amide bonds. The van der Waals surface area contributed by atoms with E-state index in [1.807, 2.05) is 0 Å². The lowest BCUT2D eigenvalue weighted by molar-refractivity contribution is -0.152. The highest BCUT2D eigenvalue weighted by Crippen LogP contribution is 2.27. The summed E-state index contributed by atoms with van der Waals surface area (Å²) in [6.07, 6.45) is -0.941. The maximum Gasteiger partial charge on any atom is 0.330 e. The fraction of sp³-hybridized carbons (Fsp3) is 0.375. The van der Waals surface area contributed by atoms with Gasteiger partial charge in [-0.2, -0.15) is 5.26 Å². The van der Waals surface area contributed by atoms with Crippen LogP contribution in [0.1, 0.15) is 41.5 Å². The van der Waals surface area contributed by atoms with Gasteiger partial charge in [0.2, 0.25) is 0 Å². The first-order valence-corrected chi connectivity index (χ1v) is 6.95. The van der Waals surface area contributed by atoms with Crippen molar-refractivity contribution in [2.24, 2.45) is 5.92 Å². The highest BCUT2D eigenvalue weighted by Gasteiger charge is 2.44. The van der Waals surface area contributed by atoms with Crippen molar-refractivity contribution in [1.29, 1.82) is 5.26 Å². The van der Waals surface area contributed by atoms with Gasteiger partial charge in [0, 0.05) is 0 Å². The van der Waals surface area contributed by atoms with Crippen molar-refractivity contribution < 1.29 is 19.1 Å². The van der Waals surface area contributed by atoms with Crippen molar-refractivity contribution in [3.8, 4) is 6.07 Å². The minimum atomic E-state index is -1.05. The zero-order chi connectivity index (χ0) is 16.4. The van der Waals surface area contributed by atoms with Crippen LogP contribution in [0.3, 0.4) is 0 Å². The third kappa shape index (κ3) is 2.58. The van der Waals surface area contributed by atoms with Crippen LogP contribution in [0, 0.1) is 17.2 Å². The molecule has 6 heteroatoms. The van der Waals surface area contributed by atoms with E-state index in [1.54, 1.807) is 44.2 Å². The number of benzene rings is 1. The smallest absolute Gasteiger partial charge is 0.330 e. The quantitative estimate of drug-likeness (QED) is 0.624. The van der Waals surface area contributed by atoms with Gasteiger partial charge in [-0.15, -0.1) is 0 Å². The van der Waals surface area contributed by atoms with Gasteiger partial charge < -0.3 is 4.74 Å². The Morgan fingerprint density at radius 1 is 1.14 bits per heavy atom. The van der Waals surface area contributed by atoms with E-state index in [9.17, 15) is 14.4 Å². The third-order valence-corrected chi connectivity index (χ3v) is 3.45. The molecule has 0 fully saturated rings. The number of carbonyl (C=O) groups excluding carboxylic acids is 3. The molecule has 0 unspecified atom stereocenters.